The Bertz CT molecular complexity index is 452. The summed E-state index contributed by atoms with van der Waals surface area (Å²) < 4.78 is 0. The van der Waals surface area contributed by atoms with Gasteiger partial charge >= 0.3 is 0 Å². The summed E-state index contributed by atoms with van der Waals surface area (Å²) in [7, 11) is 0. The second kappa shape index (κ2) is 4.11. The topological polar surface area (TPSA) is 16.1 Å². The van der Waals surface area contributed by atoms with Gasteiger partial charge in [-0.1, -0.05) is 18.2 Å². The molecule has 1 aliphatic heterocycles. The van der Waals surface area contributed by atoms with E-state index in [1.54, 1.807) is 6.08 Å². The van der Waals surface area contributed by atoms with Crippen LogP contribution in [0, 0.1) is 5.41 Å². The van der Waals surface area contributed by atoms with Gasteiger partial charge in [-0.2, -0.15) is 0 Å². The van der Waals surface area contributed by atoms with Crippen molar-refractivity contribution in [1.29, 1.82) is 0 Å². The molecule has 3 heteroatoms. The van der Waals surface area contributed by atoms with Gasteiger partial charge in [-0.05, 0) is 48.9 Å². The Morgan fingerprint density at radius 3 is 2.88 bits per heavy atom. The number of likely N-dealkylation sites (tertiary alicyclic amines) is 1. The van der Waals surface area contributed by atoms with Crippen LogP contribution in [0.3, 0.4) is 0 Å². The van der Waals surface area contributed by atoms with E-state index in [2.05, 4.69) is 16.5 Å². The molecule has 0 aromatic carbocycles. The van der Waals surface area contributed by atoms with Crippen molar-refractivity contribution in [1.82, 2.24) is 9.88 Å². The molecule has 1 saturated heterocycles. The van der Waals surface area contributed by atoms with Crippen LogP contribution in [0.15, 0.2) is 18.8 Å². The summed E-state index contributed by atoms with van der Waals surface area (Å²) in [5, 5.41) is 0.706. The van der Waals surface area contributed by atoms with Crippen LogP contribution < -0.4 is 0 Å². The summed E-state index contributed by atoms with van der Waals surface area (Å²) in [6, 6.07) is 2.02. The molecule has 90 valence electrons. The summed E-state index contributed by atoms with van der Waals surface area (Å²) in [4.78, 5) is 6.84. The van der Waals surface area contributed by atoms with Gasteiger partial charge in [-0.3, -0.25) is 9.88 Å². The van der Waals surface area contributed by atoms with E-state index < -0.39 is 0 Å². The van der Waals surface area contributed by atoms with Gasteiger partial charge in [0.1, 0.15) is 0 Å². The Hall–Kier alpha value is -0.860. The molecular weight excluding hydrogens is 232 g/mol. The quantitative estimate of drug-likeness (QED) is 0.816. The Balaban J connectivity index is 1.68. The molecule has 1 saturated carbocycles. The zero-order valence-corrected chi connectivity index (χ0v) is 10.7. The first-order valence-electron chi connectivity index (χ1n) is 6.20. The summed E-state index contributed by atoms with van der Waals surface area (Å²) in [6.45, 7) is 7.15. The minimum atomic E-state index is 0.693. The van der Waals surface area contributed by atoms with Crippen LogP contribution in [0.4, 0.5) is 0 Å². The van der Waals surface area contributed by atoms with Gasteiger partial charge in [0.25, 0.3) is 0 Å². The van der Waals surface area contributed by atoms with Gasteiger partial charge < -0.3 is 0 Å². The Kier molecular flexibility index (Phi) is 2.72. The lowest BCUT2D eigenvalue weighted by Gasteiger charge is -2.15. The van der Waals surface area contributed by atoms with E-state index in [0.717, 1.165) is 12.2 Å². The summed E-state index contributed by atoms with van der Waals surface area (Å²) in [6.07, 6.45) is 7.84. The van der Waals surface area contributed by atoms with Crippen LogP contribution in [-0.4, -0.2) is 23.0 Å². The highest BCUT2D eigenvalue weighted by molar-refractivity contribution is 6.31. The molecule has 17 heavy (non-hydrogen) atoms. The molecule has 2 aliphatic rings. The molecule has 1 aromatic heterocycles. The normalized spacial score (nSPS) is 21.9. The maximum Gasteiger partial charge on any atom is 0.0810 e. The van der Waals surface area contributed by atoms with Gasteiger partial charge in [0, 0.05) is 19.3 Å². The average Bonchev–Trinajstić information content (AvgIpc) is 2.94. The molecule has 1 aromatic rings. The van der Waals surface area contributed by atoms with E-state index in [1.807, 2.05) is 12.3 Å². The summed E-state index contributed by atoms with van der Waals surface area (Å²) in [5.41, 5.74) is 2.67. The summed E-state index contributed by atoms with van der Waals surface area (Å²) in [5.74, 6) is 0. The molecule has 1 aliphatic carbocycles. The molecular formula is C14H17ClN2. The maximum absolute atomic E-state index is 6.13. The standard InChI is InChI=1S/C14H17ClN2/c1-2-13-12(15)7-11(8-16-13)9-17-6-5-14(10-17)3-4-14/h2,7-8H,1,3-6,9-10H2. The number of halogens is 1. The second-order valence-electron chi connectivity index (χ2n) is 5.38. The molecule has 0 atom stereocenters. The van der Waals surface area contributed by atoms with Crippen molar-refractivity contribution < 1.29 is 0 Å². The van der Waals surface area contributed by atoms with Crippen LogP contribution in [0.5, 0.6) is 0 Å². The minimum Gasteiger partial charge on any atom is -0.298 e. The van der Waals surface area contributed by atoms with Crippen molar-refractivity contribution in [2.75, 3.05) is 13.1 Å². The van der Waals surface area contributed by atoms with E-state index in [-0.39, 0.29) is 0 Å². The molecule has 0 unspecified atom stereocenters. The Labute approximate surface area is 107 Å². The number of hydrogen-bond donors (Lipinski definition) is 0. The third kappa shape index (κ3) is 2.24. The van der Waals surface area contributed by atoms with E-state index in [4.69, 9.17) is 11.6 Å². The third-order valence-electron chi connectivity index (χ3n) is 4.00. The van der Waals surface area contributed by atoms with E-state index >= 15 is 0 Å². The van der Waals surface area contributed by atoms with Gasteiger partial charge in [-0.15, -0.1) is 0 Å². The highest BCUT2D eigenvalue weighted by Crippen LogP contribution is 2.52. The van der Waals surface area contributed by atoms with Crippen molar-refractivity contribution in [3.05, 3.63) is 35.1 Å². The molecule has 0 amide bonds. The molecule has 2 heterocycles. The van der Waals surface area contributed by atoms with Gasteiger partial charge in [0.05, 0.1) is 10.7 Å². The van der Waals surface area contributed by atoms with Crippen molar-refractivity contribution in [2.45, 2.75) is 25.8 Å². The zero-order chi connectivity index (χ0) is 11.9. The first kappa shape index (κ1) is 11.2. The fourth-order valence-corrected chi connectivity index (χ4v) is 3.00. The van der Waals surface area contributed by atoms with Crippen molar-refractivity contribution in [3.63, 3.8) is 0 Å². The number of hydrogen-bond acceptors (Lipinski definition) is 2. The number of rotatable bonds is 3. The molecule has 0 N–H and O–H groups in total. The van der Waals surface area contributed by atoms with Crippen LogP contribution in [-0.2, 0) is 6.54 Å². The number of aromatic nitrogens is 1. The maximum atomic E-state index is 6.13. The molecule has 0 bridgehead atoms. The highest BCUT2D eigenvalue weighted by Gasteiger charge is 2.47. The van der Waals surface area contributed by atoms with Crippen molar-refractivity contribution in [3.8, 4) is 0 Å². The fourth-order valence-electron chi connectivity index (χ4n) is 2.73. The van der Waals surface area contributed by atoms with Crippen molar-refractivity contribution >= 4 is 17.7 Å². The van der Waals surface area contributed by atoms with Crippen molar-refractivity contribution in [2.24, 2.45) is 5.41 Å². The predicted octanol–water partition coefficient (Wildman–Crippen LogP) is 3.36. The molecule has 0 radical (unpaired) electrons. The highest BCUT2D eigenvalue weighted by atomic mass is 35.5. The van der Waals surface area contributed by atoms with Crippen LogP contribution >= 0.6 is 11.6 Å². The smallest absolute Gasteiger partial charge is 0.0810 e. The number of pyridine rings is 1. The molecule has 2 fully saturated rings. The van der Waals surface area contributed by atoms with Crippen LogP contribution in [0.2, 0.25) is 5.02 Å². The van der Waals surface area contributed by atoms with Crippen LogP contribution in [0.1, 0.15) is 30.5 Å². The first-order chi connectivity index (χ1) is 8.21. The largest absolute Gasteiger partial charge is 0.298 e. The molecule has 3 rings (SSSR count). The summed E-state index contributed by atoms with van der Waals surface area (Å²) >= 11 is 6.13. The fraction of sp³-hybridized carbons (Fsp3) is 0.500. The van der Waals surface area contributed by atoms with Gasteiger partial charge in [-0.25, -0.2) is 0 Å². The lowest BCUT2D eigenvalue weighted by Crippen LogP contribution is -2.20. The Morgan fingerprint density at radius 2 is 2.29 bits per heavy atom. The molecule has 1 spiro atoms. The SMILES string of the molecule is C=Cc1ncc(CN2CCC3(CC3)C2)cc1Cl. The van der Waals surface area contributed by atoms with Gasteiger partial charge in [0.15, 0.2) is 0 Å². The molecule has 2 nitrogen and oxygen atoms in total. The second-order valence-corrected chi connectivity index (χ2v) is 5.78. The van der Waals surface area contributed by atoms with Gasteiger partial charge in [0.2, 0.25) is 0 Å². The zero-order valence-electron chi connectivity index (χ0n) is 9.95. The first-order valence-corrected chi connectivity index (χ1v) is 6.58. The number of nitrogens with zero attached hydrogens (tertiary/aromatic N) is 2. The van der Waals surface area contributed by atoms with E-state index in [9.17, 15) is 0 Å². The third-order valence-corrected chi connectivity index (χ3v) is 4.30. The van der Waals surface area contributed by atoms with E-state index in [1.165, 1.54) is 37.9 Å². The Morgan fingerprint density at radius 1 is 1.47 bits per heavy atom. The van der Waals surface area contributed by atoms with E-state index in [0.29, 0.717) is 10.4 Å². The monoisotopic (exact) mass is 248 g/mol. The predicted molar refractivity (Wildman–Crippen MR) is 70.9 cm³/mol. The lowest BCUT2D eigenvalue weighted by atomic mass is 10.1. The lowest BCUT2D eigenvalue weighted by molar-refractivity contribution is 0.312. The average molecular weight is 249 g/mol. The minimum absolute atomic E-state index is 0.693. The van der Waals surface area contributed by atoms with Crippen LogP contribution in [0.25, 0.3) is 6.08 Å².